The Kier molecular flexibility index (Phi) is 6.17. The van der Waals surface area contributed by atoms with E-state index in [0.717, 1.165) is 21.6 Å². The number of nitrogens with one attached hydrogen (secondary N) is 1. The number of amides is 2. The van der Waals surface area contributed by atoms with Gasteiger partial charge in [-0.25, -0.2) is 9.78 Å². The van der Waals surface area contributed by atoms with Crippen molar-refractivity contribution in [2.24, 2.45) is 5.16 Å². The van der Waals surface area contributed by atoms with Crippen LogP contribution in [0.1, 0.15) is 5.69 Å². The molecule has 3 aromatic heterocycles. The van der Waals surface area contributed by atoms with Gasteiger partial charge in [0.15, 0.2) is 23.6 Å². The number of hydrogen-bond donors (Lipinski definition) is 3. The van der Waals surface area contributed by atoms with Gasteiger partial charge in [0, 0.05) is 22.8 Å². The number of nitrogens with zero attached hydrogens (tertiary/aromatic N) is 4. The molecular weight excluding hydrogens is 512 g/mol. The van der Waals surface area contributed by atoms with E-state index >= 15 is 0 Å². The molecule has 3 aromatic rings. The molecule has 2 aliphatic rings. The van der Waals surface area contributed by atoms with Crippen molar-refractivity contribution < 1.29 is 28.9 Å². The molecule has 0 spiro atoms. The lowest BCUT2D eigenvalue weighted by Crippen LogP contribution is -2.71. The van der Waals surface area contributed by atoms with Crippen LogP contribution in [0.5, 0.6) is 0 Å². The molecule has 0 saturated carbocycles. The van der Waals surface area contributed by atoms with Crippen LogP contribution in [-0.4, -0.2) is 62.8 Å². The molecule has 1 saturated heterocycles. The molecule has 35 heavy (non-hydrogen) atoms. The molecule has 180 valence electrons. The molecule has 0 aliphatic carbocycles. The molecular formula is C21H19N6O5S3+. The molecule has 2 aliphatic heterocycles. The number of thiazole rings is 1. The smallest absolute Gasteiger partial charge is 0.352 e. The first-order chi connectivity index (χ1) is 16.9. The highest BCUT2D eigenvalue weighted by molar-refractivity contribution is 8.00. The third-order valence-corrected chi connectivity index (χ3v) is 8.52. The first kappa shape index (κ1) is 23.3. The van der Waals surface area contributed by atoms with Gasteiger partial charge in [-0.1, -0.05) is 16.5 Å². The number of thiophene rings is 1. The Labute approximate surface area is 210 Å². The standard InChI is InChI=1S/C21H18N6O5S3/c1-32-25-13(12-9-35-21(22)23-12)16(28)24-14-17(29)27-15(20(30)31)11(8-34-19(14)27)7-26-5-2-3-10-4-6-33-18(10)26/h2-6,9,14,19H,7-8H2,1H3,(H3-,22,23,24,28,30,31)/p+1/b25-13+. The number of β-lactam (4-membered cyclic amide) rings is 1. The van der Waals surface area contributed by atoms with Crippen LogP contribution < -0.4 is 15.6 Å². The number of thioether (sulfide) groups is 1. The quantitative estimate of drug-likeness (QED) is 0.177. The zero-order valence-electron chi connectivity index (χ0n) is 18.2. The summed E-state index contributed by atoms with van der Waals surface area (Å²) in [6.45, 7) is 0.343. The molecule has 2 atom stereocenters. The van der Waals surface area contributed by atoms with E-state index in [9.17, 15) is 19.5 Å². The minimum atomic E-state index is -1.18. The average Bonchev–Trinajstić information content (AvgIpc) is 3.49. The molecule has 5 rings (SSSR count). The second-order valence-electron chi connectivity index (χ2n) is 7.63. The van der Waals surface area contributed by atoms with Crippen LogP contribution in [0.25, 0.3) is 10.2 Å². The molecule has 5 heterocycles. The number of nitrogen functional groups attached to an aromatic ring is 1. The first-order valence-electron chi connectivity index (χ1n) is 10.3. The van der Waals surface area contributed by atoms with Crippen molar-refractivity contribution in [3.63, 3.8) is 0 Å². The molecule has 1 fully saturated rings. The molecule has 0 aromatic carbocycles. The number of rotatable bonds is 7. The van der Waals surface area contributed by atoms with Crippen LogP contribution in [0.3, 0.4) is 0 Å². The van der Waals surface area contributed by atoms with E-state index in [0.29, 0.717) is 17.9 Å². The van der Waals surface area contributed by atoms with Crippen molar-refractivity contribution in [2.45, 2.75) is 18.0 Å². The van der Waals surface area contributed by atoms with Gasteiger partial charge in [0.05, 0.1) is 5.39 Å². The maximum absolute atomic E-state index is 13.0. The fraction of sp³-hybridized carbons (Fsp3) is 0.238. The summed E-state index contributed by atoms with van der Waals surface area (Å²) in [5, 5.41) is 20.6. The van der Waals surface area contributed by atoms with Gasteiger partial charge in [0.25, 0.3) is 16.6 Å². The fourth-order valence-corrected chi connectivity index (χ4v) is 6.79. The van der Waals surface area contributed by atoms with Gasteiger partial charge < -0.3 is 21.0 Å². The Morgan fingerprint density at radius 2 is 2.23 bits per heavy atom. The topological polar surface area (TPSA) is 151 Å². The van der Waals surface area contributed by atoms with E-state index in [1.807, 2.05) is 34.3 Å². The molecule has 11 nitrogen and oxygen atoms in total. The minimum Gasteiger partial charge on any atom is -0.477 e. The summed E-state index contributed by atoms with van der Waals surface area (Å²) in [7, 11) is 1.29. The largest absolute Gasteiger partial charge is 0.477 e. The van der Waals surface area contributed by atoms with E-state index < -0.39 is 29.2 Å². The third-order valence-electron chi connectivity index (χ3n) is 5.54. The van der Waals surface area contributed by atoms with Gasteiger partial charge in [-0.3, -0.25) is 14.5 Å². The lowest BCUT2D eigenvalue weighted by atomic mass is 10.0. The van der Waals surface area contributed by atoms with Crippen molar-refractivity contribution >= 4 is 73.3 Å². The van der Waals surface area contributed by atoms with Gasteiger partial charge >= 0.3 is 5.97 Å². The number of carbonyl (C=O) groups excluding carboxylic acids is 2. The van der Waals surface area contributed by atoms with Crippen LogP contribution in [0.15, 0.2) is 51.6 Å². The predicted octanol–water partition coefficient (Wildman–Crippen LogP) is 1.02. The number of aromatic nitrogens is 2. The lowest BCUT2D eigenvalue weighted by Gasteiger charge is -2.49. The summed E-state index contributed by atoms with van der Waals surface area (Å²) >= 11 is 4.11. The van der Waals surface area contributed by atoms with Gasteiger partial charge in [0.1, 0.15) is 29.9 Å². The van der Waals surface area contributed by atoms with Crippen LogP contribution >= 0.6 is 34.4 Å². The summed E-state index contributed by atoms with van der Waals surface area (Å²) in [5.74, 6) is -1.94. The number of carboxylic acid groups (broad SMARTS) is 1. The summed E-state index contributed by atoms with van der Waals surface area (Å²) in [4.78, 5) is 49.2. The molecule has 14 heteroatoms. The van der Waals surface area contributed by atoms with Crippen LogP contribution in [0.2, 0.25) is 0 Å². The minimum absolute atomic E-state index is 0.0386. The van der Waals surface area contributed by atoms with Gasteiger partial charge in [-0.05, 0) is 17.5 Å². The van der Waals surface area contributed by atoms with Crippen LogP contribution in [-0.2, 0) is 25.8 Å². The Morgan fingerprint density at radius 3 is 2.94 bits per heavy atom. The van der Waals surface area contributed by atoms with E-state index in [-0.39, 0.29) is 22.2 Å². The number of hydrogen-bond acceptors (Lipinski definition) is 10. The molecule has 4 N–H and O–H groups in total. The van der Waals surface area contributed by atoms with E-state index in [4.69, 9.17) is 10.6 Å². The molecule has 0 bridgehead atoms. The Hall–Kier alpha value is -3.49. The first-order valence-corrected chi connectivity index (χ1v) is 13.1. The van der Waals surface area contributed by atoms with E-state index in [1.165, 1.54) is 23.8 Å². The van der Waals surface area contributed by atoms with Crippen molar-refractivity contribution in [1.82, 2.24) is 15.2 Å². The predicted molar refractivity (Wildman–Crippen MR) is 132 cm³/mol. The van der Waals surface area contributed by atoms with Crippen LogP contribution in [0, 0.1) is 0 Å². The number of oxime groups is 1. The summed E-state index contributed by atoms with van der Waals surface area (Å²) in [6.07, 6.45) is 1.89. The monoisotopic (exact) mass is 531 g/mol. The second kappa shape index (κ2) is 9.28. The van der Waals surface area contributed by atoms with Gasteiger partial charge in [-0.2, -0.15) is 4.57 Å². The van der Waals surface area contributed by atoms with Crippen molar-refractivity contribution in [1.29, 1.82) is 0 Å². The normalized spacial score (nSPS) is 20.0. The zero-order chi connectivity index (χ0) is 24.7. The highest BCUT2D eigenvalue weighted by Gasteiger charge is 2.54. The Morgan fingerprint density at radius 1 is 1.40 bits per heavy atom. The number of aliphatic carboxylic acids is 1. The summed E-state index contributed by atoms with van der Waals surface area (Å²) < 4.78 is 1.98. The van der Waals surface area contributed by atoms with Gasteiger partial charge in [-0.15, -0.1) is 23.1 Å². The van der Waals surface area contributed by atoms with Crippen molar-refractivity contribution in [3.8, 4) is 0 Å². The van der Waals surface area contributed by atoms with Gasteiger partial charge in [0.2, 0.25) is 0 Å². The second-order valence-corrected chi connectivity index (χ2v) is 10.5. The number of pyridine rings is 1. The number of carbonyl (C=O) groups is 3. The zero-order valence-corrected chi connectivity index (χ0v) is 20.7. The number of anilines is 1. The SMILES string of the molecule is CO/N=C(/C(=O)NC1C(=O)N2C(C(=O)O)=C(C[n+]3cccc4ccsc43)CSC12)c1csc(N)n1. The lowest BCUT2D eigenvalue weighted by molar-refractivity contribution is -0.661. The number of carboxylic acids is 1. The molecule has 0 radical (unpaired) electrons. The van der Waals surface area contributed by atoms with Crippen molar-refractivity contribution in [3.05, 3.63) is 52.1 Å². The molecule has 2 amide bonds. The van der Waals surface area contributed by atoms with Crippen molar-refractivity contribution in [2.75, 3.05) is 18.6 Å². The highest BCUT2D eigenvalue weighted by Crippen LogP contribution is 2.40. The van der Waals surface area contributed by atoms with Crippen LogP contribution in [0.4, 0.5) is 5.13 Å². The molecule has 2 unspecified atom stereocenters. The Balaban J connectivity index is 1.38. The number of fused-ring (bicyclic) bond motifs is 2. The third kappa shape index (κ3) is 4.13. The number of nitrogens with two attached hydrogens (primary N) is 1. The Bertz CT molecular complexity index is 1410. The average molecular weight is 532 g/mol. The maximum Gasteiger partial charge on any atom is 0.352 e. The highest BCUT2D eigenvalue weighted by atomic mass is 32.2. The summed E-state index contributed by atoms with van der Waals surface area (Å²) in [5.41, 5.74) is 6.34. The fourth-order valence-electron chi connectivity index (χ4n) is 4.03. The summed E-state index contributed by atoms with van der Waals surface area (Å²) in [6, 6.07) is 5.00. The van der Waals surface area contributed by atoms with E-state index in [1.54, 1.807) is 16.7 Å². The maximum atomic E-state index is 13.0. The van der Waals surface area contributed by atoms with E-state index in [2.05, 4.69) is 15.5 Å².